The van der Waals surface area contributed by atoms with Crippen LogP contribution in [0.1, 0.15) is 31.4 Å². The van der Waals surface area contributed by atoms with E-state index >= 15 is 0 Å². The van der Waals surface area contributed by atoms with Crippen molar-refractivity contribution >= 4 is 17.5 Å². The fourth-order valence-electron chi connectivity index (χ4n) is 3.51. The molecule has 0 aliphatic carbocycles. The number of hydrogen-bond acceptors (Lipinski definition) is 6. The van der Waals surface area contributed by atoms with Crippen molar-refractivity contribution in [3.05, 3.63) is 35.4 Å². The van der Waals surface area contributed by atoms with E-state index in [0.717, 1.165) is 62.5 Å². The third-order valence-corrected chi connectivity index (χ3v) is 5.16. The number of hydrogen-bond donors (Lipinski definition) is 2. The molecule has 1 aromatic carbocycles. The largest absolute Gasteiger partial charge is 0.480 e. The molecule has 0 bridgehead atoms. The Bertz CT molecular complexity index is 752. The van der Waals surface area contributed by atoms with Crippen LogP contribution in [0.15, 0.2) is 34.4 Å². The molecule has 1 unspecified atom stereocenters. The first kappa shape index (κ1) is 21.3. The molecule has 0 radical (unpaired) electrons. The predicted octanol–water partition coefficient (Wildman–Crippen LogP) is 1.24. The summed E-state index contributed by atoms with van der Waals surface area (Å²) in [5.41, 5.74) is 8.97. The molecule has 1 atom stereocenters. The highest BCUT2D eigenvalue weighted by Gasteiger charge is 2.27. The molecular weight excluding hydrogens is 370 g/mol. The van der Waals surface area contributed by atoms with Crippen LogP contribution in [-0.2, 0) is 9.63 Å². The molecule has 8 nitrogen and oxygen atoms in total. The molecule has 0 saturated carbocycles. The molecule has 1 aromatic rings. The van der Waals surface area contributed by atoms with Crippen LogP contribution in [-0.4, -0.2) is 84.3 Å². The second kappa shape index (κ2) is 9.84. The van der Waals surface area contributed by atoms with E-state index in [9.17, 15) is 4.79 Å². The zero-order chi connectivity index (χ0) is 20.8. The number of oxime groups is 1. The monoisotopic (exact) mass is 401 g/mol. The number of amidine groups is 1. The lowest BCUT2D eigenvalue weighted by atomic mass is 10.0. The second-order valence-corrected chi connectivity index (χ2v) is 8.14. The molecule has 8 heteroatoms. The minimum absolute atomic E-state index is 0.0355. The Kier molecular flexibility index (Phi) is 7.22. The van der Waals surface area contributed by atoms with Gasteiger partial charge in [-0.3, -0.25) is 19.6 Å². The molecule has 29 heavy (non-hydrogen) atoms. The number of aliphatic carboxylic acids is 1. The zero-order valence-electron chi connectivity index (χ0n) is 17.3. The van der Waals surface area contributed by atoms with Gasteiger partial charge in [0.05, 0.1) is 12.3 Å². The summed E-state index contributed by atoms with van der Waals surface area (Å²) in [5.74, 6) is 0.277. The first-order chi connectivity index (χ1) is 13.9. The minimum atomic E-state index is -0.769. The van der Waals surface area contributed by atoms with Gasteiger partial charge < -0.3 is 15.7 Å². The second-order valence-electron chi connectivity index (χ2n) is 8.14. The third-order valence-electron chi connectivity index (χ3n) is 5.16. The lowest BCUT2D eigenvalue weighted by Gasteiger charge is -2.34. The molecule has 0 aromatic heterocycles. The van der Waals surface area contributed by atoms with Crippen LogP contribution in [0, 0.1) is 5.92 Å². The van der Waals surface area contributed by atoms with E-state index in [-0.39, 0.29) is 12.6 Å². The minimum Gasteiger partial charge on any atom is -0.480 e. The van der Waals surface area contributed by atoms with Crippen LogP contribution in [0.5, 0.6) is 0 Å². The van der Waals surface area contributed by atoms with Crippen LogP contribution in [0.3, 0.4) is 0 Å². The fraction of sp³-hybridized carbons (Fsp3) is 0.571. The summed E-state index contributed by atoms with van der Waals surface area (Å²) >= 11 is 0. The van der Waals surface area contributed by atoms with Gasteiger partial charge in [-0.05, 0) is 11.5 Å². The highest BCUT2D eigenvalue weighted by molar-refractivity contribution is 6.03. The van der Waals surface area contributed by atoms with Gasteiger partial charge in [-0.15, -0.1) is 0 Å². The van der Waals surface area contributed by atoms with E-state index < -0.39 is 5.97 Å². The van der Waals surface area contributed by atoms with Gasteiger partial charge in [-0.2, -0.15) is 0 Å². The Labute approximate surface area is 172 Å². The first-order valence-electron chi connectivity index (χ1n) is 10.2. The van der Waals surface area contributed by atoms with Crippen molar-refractivity contribution in [2.45, 2.75) is 26.4 Å². The molecule has 1 saturated heterocycles. The van der Waals surface area contributed by atoms with Gasteiger partial charge in [-0.1, -0.05) is 43.3 Å². The van der Waals surface area contributed by atoms with Crippen molar-refractivity contribution in [1.82, 2.24) is 9.80 Å². The number of carboxylic acids is 1. The van der Waals surface area contributed by atoms with Crippen LogP contribution in [0.25, 0.3) is 0 Å². The molecule has 3 rings (SSSR count). The smallest absolute Gasteiger partial charge is 0.317 e. The summed E-state index contributed by atoms with van der Waals surface area (Å²) in [6, 6.07) is 7.99. The summed E-state index contributed by atoms with van der Waals surface area (Å²) in [5, 5.41) is 13.2. The quantitative estimate of drug-likeness (QED) is 0.502. The predicted molar refractivity (Wildman–Crippen MR) is 113 cm³/mol. The Balaban J connectivity index is 1.47. The van der Waals surface area contributed by atoms with E-state index in [2.05, 4.69) is 28.9 Å². The maximum absolute atomic E-state index is 10.8. The molecule has 0 amide bonds. The van der Waals surface area contributed by atoms with Crippen molar-refractivity contribution in [3.63, 3.8) is 0 Å². The number of rotatable bonds is 8. The van der Waals surface area contributed by atoms with Crippen LogP contribution in [0.4, 0.5) is 0 Å². The third kappa shape index (κ3) is 6.27. The molecule has 158 valence electrons. The van der Waals surface area contributed by atoms with E-state index in [0.29, 0.717) is 11.8 Å². The number of carboxylic acid groups (broad SMARTS) is 1. The fourth-order valence-corrected chi connectivity index (χ4v) is 3.51. The maximum Gasteiger partial charge on any atom is 0.317 e. The maximum atomic E-state index is 10.8. The number of piperazine rings is 1. The molecule has 1 fully saturated rings. The van der Waals surface area contributed by atoms with Gasteiger partial charge in [0, 0.05) is 51.3 Å². The van der Waals surface area contributed by atoms with Crippen molar-refractivity contribution in [2.75, 3.05) is 45.8 Å². The first-order valence-corrected chi connectivity index (χ1v) is 10.2. The molecule has 2 heterocycles. The van der Waals surface area contributed by atoms with Crippen molar-refractivity contribution in [1.29, 1.82) is 0 Å². The number of carbonyl (C=O) groups is 1. The normalized spacial score (nSPS) is 21.3. The van der Waals surface area contributed by atoms with Gasteiger partial charge in [0.1, 0.15) is 11.9 Å². The van der Waals surface area contributed by atoms with E-state index in [1.165, 1.54) is 0 Å². The number of nitrogens with zero attached hydrogens (tertiary/aromatic N) is 4. The van der Waals surface area contributed by atoms with Gasteiger partial charge in [0.25, 0.3) is 0 Å². The Morgan fingerprint density at radius 2 is 1.90 bits per heavy atom. The average molecular weight is 402 g/mol. The van der Waals surface area contributed by atoms with Gasteiger partial charge >= 0.3 is 5.97 Å². The standard InChI is InChI=1S/C21H31N5O3/c1-15(2)12-23-21(22)17-5-3-16(4-6-17)19-11-18(29-24-19)13-25-7-9-26(10-8-25)14-20(27)28/h3-6,15,18H,7-14H2,1-2H3,(H2,22,23)(H,27,28). The summed E-state index contributed by atoms with van der Waals surface area (Å²) in [6.07, 6.45) is 0.805. The van der Waals surface area contributed by atoms with E-state index in [1.54, 1.807) is 0 Å². The van der Waals surface area contributed by atoms with E-state index in [1.807, 2.05) is 29.2 Å². The SMILES string of the molecule is CC(C)CN=C(N)c1ccc(C2=NOC(CN3CCN(CC(=O)O)CC3)C2)cc1. The average Bonchev–Trinajstić information content (AvgIpc) is 3.16. The van der Waals surface area contributed by atoms with E-state index in [4.69, 9.17) is 15.7 Å². The molecular formula is C21H31N5O3. The number of aliphatic imine (C=N–C) groups is 1. The lowest BCUT2D eigenvalue weighted by Crippen LogP contribution is -2.49. The van der Waals surface area contributed by atoms with Gasteiger partial charge in [0.2, 0.25) is 0 Å². The topological polar surface area (TPSA) is 104 Å². The summed E-state index contributed by atoms with van der Waals surface area (Å²) < 4.78 is 0. The summed E-state index contributed by atoms with van der Waals surface area (Å²) in [6.45, 7) is 9.13. The number of benzene rings is 1. The lowest BCUT2D eigenvalue weighted by molar-refractivity contribution is -0.138. The van der Waals surface area contributed by atoms with Crippen LogP contribution >= 0.6 is 0 Å². The van der Waals surface area contributed by atoms with Gasteiger partial charge in [-0.25, -0.2) is 0 Å². The molecule has 3 N–H and O–H groups in total. The molecule has 2 aliphatic rings. The summed E-state index contributed by atoms with van der Waals surface area (Å²) in [7, 11) is 0. The highest BCUT2D eigenvalue weighted by Crippen LogP contribution is 2.19. The molecule has 0 spiro atoms. The number of nitrogens with two attached hydrogens (primary N) is 1. The van der Waals surface area contributed by atoms with Crippen molar-refractivity contribution in [2.24, 2.45) is 21.8 Å². The molecule has 2 aliphatic heterocycles. The van der Waals surface area contributed by atoms with Crippen molar-refractivity contribution < 1.29 is 14.7 Å². The highest BCUT2D eigenvalue weighted by atomic mass is 16.6. The van der Waals surface area contributed by atoms with Crippen molar-refractivity contribution in [3.8, 4) is 0 Å². The Hall–Kier alpha value is -2.45. The Morgan fingerprint density at radius 3 is 2.52 bits per heavy atom. The summed E-state index contributed by atoms with van der Waals surface area (Å²) in [4.78, 5) is 25.2. The zero-order valence-corrected chi connectivity index (χ0v) is 17.3. The van der Waals surface area contributed by atoms with Crippen LogP contribution in [0.2, 0.25) is 0 Å². The van der Waals surface area contributed by atoms with Crippen LogP contribution < -0.4 is 5.73 Å². The van der Waals surface area contributed by atoms with Gasteiger partial charge in [0.15, 0.2) is 0 Å². The Morgan fingerprint density at radius 1 is 1.24 bits per heavy atom.